The maximum absolute atomic E-state index is 11.3. The summed E-state index contributed by atoms with van der Waals surface area (Å²) in [6.45, 7) is 2.40. The van der Waals surface area contributed by atoms with Gasteiger partial charge in [-0.05, 0) is 30.7 Å². The Balaban J connectivity index is 2.15. The summed E-state index contributed by atoms with van der Waals surface area (Å²) in [5.41, 5.74) is 1.78. The molecule has 0 aromatic heterocycles. The summed E-state index contributed by atoms with van der Waals surface area (Å²) >= 11 is 0. The number of para-hydroxylation sites is 2. The van der Waals surface area contributed by atoms with Crippen LogP contribution in [0.15, 0.2) is 60.4 Å². The van der Waals surface area contributed by atoms with Crippen molar-refractivity contribution in [2.75, 3.05) is 13.7 Å². The van der Waals surface area contributed by atoms with Crippen molar-refractivity contribution in [1.29, 1.82) is 0 Å². The Morgan fingerprint density at radius 2 is 1.75 bits per heavy atom. The number of ether oxygens (including phenoxy) is 3. The molecule has 0 unspecified atom stereocenters. The summed E-state index contributed by atoms with van der Waals surface area (Å²) in [5.74, 6) is -0.113. The lowest BCUT2D eigenvalue weighted by Crippen LogP contribution is -2.10. The number of aryl methyl sites for hydroxylation is 1. The maximum atomic E-state index is 11.3. The average Bonchev–Trinajstić information content (AvgIpc) is 2.58. The normalized spacial score (nSPS) is 11.2. The lowest BCUT2D eigenvalue weighted by Gasteiger charge is -2.13. The fourth-order valence-electron chi connectivity index (χ4n) is 2.05. The number of hydrogen-bond donors (Lipinski definition) is 1. The quantitative estimate of drug-likeness (QED) is 0.593. The van der Waals surface area contributed by atoms with Crippen LogP contribution in [0, 0.1) is 6.92 Å². The number of carboxylic acids is 1. The number of methoxy groups -OCH3 is 1. The highest BCUT2D eigenvalue weighted by Crippen LogP contribution is 2.24. The van der Waals surface area contributed by atoms with E-state index in [2.05, 4.69) is 0 Å². The van der Waals surface area contributed by atoms with Crippen molar-refractivity contribution in [3.8, 4) is 11.5 Å². The first-order valence-corrected chi connectivity index (χ1v) is 7.48. The average molecular weight is 328 g/mol. The molecule has 0 saturated heterocycles. The van der Waals surface area contributed by atoms with E-state index in [0.717, 1.165) is 16.9 Å². The number of benzene rings is 2. The van der Waals surface area contributed by atoms with E-state index in [1.54, 1.807) is 12.1 Å². The third-order valence-electron chi connectivity index (χ3n) is 3.32. The molecule has 2 rings (SSSR count). The van der Waals surface area contributed by atoms with Crippen molar-refractivity contribution in [2.45, 2.75) is 13.5 Å². The fourth-order valence-corrected chi connectivity index (χ4v) is 2.05. The van der Waals surface area contributed by atoms with Gasteiger partial charge in [-0.1, -0.05) is 36.4 Å². The van der Waals surface area contributed by atoms with Crippen LogP contribution in [0.3, 0.4) is 0 Å². The van der Waals surface area contributed by atoms with Gasteiger partial charge in [-0.15, -0.1) is 0 Å². The molecule has 5 nitrogen and oxygen atoms in total. The van der Waals surface area contributed by atoms with Crippen molar-refractivity contribution in [3.63, 3.8) is 0 Å². The summed E-state index contributed by atoms with van der Waals surface area (Å²) in [4.78, 5) is 11.3. The van der Waals surface area contributed by atoms with Gasteiger partial charge in [0.25, 0.3) is 0 Å². The van der Waals surface area contributed by atoms with Crippen molar-refractivity contribution < 1.29 is 24.1 Å². The topological polar surface area (TPSA) is 65.0 Å². The van der Waals surface area contributed by atoms with Crippen molar-refractivity contribution in [2.24, 2.45) is 0 Å². The van der Waals surface area contributed by atoms with Crippen LogP contribution in [-0.4, -0.2) is 24.8 Å². The predicted molar refractivity (Wildman–Crippen MR) is 90.2 cm³/mol. The van der Waals surface area contributed by atoms with Gasteiger partial charge in [0.1, 0.15) is 18.1 Å². The van der Waals surface area contributed by atoms with Gasteiger partial charge in [0.2, 0.25) is 5.76 Å². The molecule has 126 valence electrons. The minimum Gasteiger partial charge on any atom is -0.488 e. The number of hydrogen-bond acceptors (Lipinski definition) is 4. The molecular formula is C19H20O5. The summed E-state index contributed by atoms with van der Waals surface area (Å²) < 4.78 is 16.2. The zero-order valence-electron chi connectivity index (χ0n) is 13.7. The zero-order valence-corrected chi connectivity index (χ0v) is 13.7. The van der Waals surface area contributed by atoms with Crippen molar-refractivity contribution in [1.82, 2.24) is 0 Å². The molecule has 0 amide bonds. The second-order valence-corrected chi connectivity index (χ2v) is 5.09. The summed E-state index contributed by atoms with van der Waals surface area (Å²) in [6, 6.07) is 14.9. The number of rotatable bonds is 8. The molecule has 0 bridgehead atoms. The summed E-state index contributed by atoms with van der Waals surface area (Å²) in [6.07, 6.45) is 1.38. The Morgan fingerprint density at radius 1 is 1.08 bits per heavy atom. The van der Waals surface area contributed by atoms with Gasteiger partial charge < -0.3 is 19.3 Å². The molecule has 0 saturated carbocycles. The Labute approximate surface area is 141 Å². The Morgan fingerprint density at radius 3 is 2.42 bits per heavy atom. The Bertz CT molecular complexity index is 721. The van der Waals surface area contributed by atoms with E-state index < -0.39 is 5.97 Å². The standard InChI is InChI=1S/C19H20O5/c1-14-7-3-5-9-16(14)23-13-15-8-4-6-10-17(15)24-18(19(20)21)11-12-22-2/h3-11H,12-13H2,1-2H3,(H,20,21). The lowest BCUT2D eigenvalue weighted by molar-refractivity contribution is -0.135. The molecule has 0 atom stereocenters. The molecule has 2 aromatic carbocycles. The van der Waals surface area contributed by atoms with E-state index in [1.807, 2.05) is 43.3 Å². The van der Waals surface area contributed by atoms with Gasteiger partial charge in [0, 0.05) is 12.7 Å². The van der Waals surface area contributed by atoms with Crippen LogP contribution in [0.2, 0.25) is 0 Å². The van der Waals surface area contributed by atoms with Gasteiger partial charge in [-0.2, -0.15) is 0 Å². The molecule has 0 radical (unpaired) electrons. The monoisotopic (exact) mass is 328 g/mol. The zero-order chi connectivity index (χ0) is 17.4. The number of carboxylic acid groups (broad SMARTS) is 1. The second-order valence-electron chi connectivity index (χ2n) is 5.09. The van der Waals surface area contributed by atoms with E-state index in [0.29, 0.717) is 5.75 Å². The minimum absolute atomic E-state index is 0.156. The third kappa shape index (κ3) is 4.86. The van der Waals surface area contributed by atoms with Crippen molar-refractivity contribution >= 4 is 5.97 Å². The fraction of sp³-hybridized carbons (Fsp3) is 0.211. The van der Waals surface area contributed by atoms with Gasteiger partial charge in [0.05, 0.1) is 6.61 Å². The number of carbonyl (C=O) groups is 1. The van der Waals surface area contributed by atoms with Gasteiger partial charge in [0.15, 0.2) is 0 Å². The first-order chi connectivity index (χ1) is 11.6. The molecule has 0 aliphatic rings. The smallest absolute Gasteiger partial charge is 0.371 e. The highest BCUT2D eigenvalue weighted by molar-refractivity contribution is 5.84. The van der Waals surface area contributed by atoms with Crippen LogP contribution >= 0.6 is 0 Å². The SMILES string of the molecule is COCC=C(Oc1ccccc1COc1ccccc1C)C(=O)O. The molecular weight excluding hydrogens is 308 g/mol. The van der Waals surface area contributed by atoms with Crippen LogP contribution < -0.4 is 9.47 Å². The van der Waals surface area contributed by atoms with Crippen molar-refractivity contribution in [3.05, 3.63) is 71.5 Å². The first kappa shape index (κ1) is 17.6. The minimum atomic E-state index is -1.15. The van der Waals surface area contributed by atoms with Crippen LogP contribution in [0.1, 0.15) is 11.1 Å². The number of aliphatic carboxylic acids is 1. The van der Waals surface area contributed by atoms with Gasteiger partial charge in [-0.25, -0.2) is 4.79 Å². The van der Waals surface area contributed by atoms with Crippen LogP contribution in [0.4, 0.5) is 0 Å². The first-order valence-electron chi connectivity index (χ1n) is 7.48. The Kier molecular flexibility index (Phi) is 6.40. The third-order valence-corrected chi connectivity index (χ3v) is 3.32. The van der Waals surface area contributed by atoms with Gasteiger partial charge >= 0.3 is 5.97 Å². The molecule has 0 heterocycles. The predicted octanol–water partition coefficient (Wildman–Crippen LogP) is 3.57. The van der Waals surface area contributed by atoms with E-state index in [-0.39, 0.29) is 19.0 Å². The van der Waals surface area contributed by atoms with E-state index in [4.69, 9.17) is 14.2 Å². The van der Waals surface area contributed by atoms with E-state index in [9.17, 15) is 9.90 Å². The van der Waals surface area contributed by atoms with Crippen LogP contribution in [0.25, 0.3) is 0 Å². The molecule has 1 N–H and O–H groups in total. The maximum Gasteiger partial charge on any atom is 0.371 e. The highest BCUT2D eigenvalue weighted by atomic mass is 16.5. The molecule has 0 fully saturated rings. The second kappa shape index (κ2) is 8.74. The van der Waals surface area contributed by atoms with E-state index in [1.165, 1.54) is 13.2 Å². The molecule has 0 spiro atoms. The van der Waals surface area contributed by atoms with Crippen LogP contribution in [0.5, 0.6) is 11.5 Å². The van der Waals surface area contributed by atoms with Gasteiger partial charge in [-0.3, -0.25) is 0 Å². The lowest BCUT2D eigenvalue weighted by atomic mass is 10.2. The molecule has 0 aliphatic heterocycles. The largest absolute Gasteiger partial charge is 0.488 e. The molecule has 5 heteroatoms. The summed E-state index contributed by atoms with van der Waals surface area (Å²) in [7, 11) is 1.49. The molecule has 2 aromatic rings. The molecule has 0 aliphatic carbocycles. The summed E-state index contributed by atoms with van der Waals surface area (Å²) in [5, 5.41) is 9.22. The van der Waals surface area contributed by atoms with E-state index >= 15 is 0 Å². The highest BCUT2D eigenvalue weighted by Gasteiger charge is 2.13. The van der Waals surface area contributed by atoms with Crippen LogP contribution in [-0.2, 0) is 16.1 Å². The molecule has 24 heavy (non-hydrogen) atoms. The Hall–Kier alpha value is -2.79.